The van der Waals surface area contributed by atoms with Crippen LogP contribution in [0.4, 0.5) is 0 Å². The summed E-state index contributed by atoms with van der Waals surface area (Å²) < 4.78 is 5.53. The molecule has 0 radical (unpaired) electrons. The molecule has 5 heteroatoms. The monoisotopic (exact) mass is 292 g/mol. The first-order valence-electron chi connectivity index (χ1n) is 4.21. The molecule has 0 spiro atoms. The molecule has 1 aromatic carbocycles. The van der Waals surface area contributed by atoms with E-state index in [1.54, 1.807) is 0 Å². The van der Waals surface area contributed by atoms with E-state index in [0.29, 0.717) is 0 Å². The zero-order valence-corrected chi connectivity index (χ0v) is 10.6. The predicted octanol–water partition coefficient (Wildman–Crippen LogP) is -0.984. The van der Waals surface area contributed by atoms with Crippen molar-refractivity contribution in [1.82, 2.24) is 0 Å². The van der Waals surface area contributed by atoms with Crippen molar-refractivity contribution in [1.29, 1.82) is 0 Å². The number of halogens is 2. The smallest absolute Gasteiger partial charge is 0.307 e. The van der Waals surface area contributed by atoms with Crippen molar-refractivity contribution in [3.63, 3.8) is 0 Å². The van der Waals surface area contributed by atoms with Crippen molar-refractivity contribution in [2.24, 2.45) is 5.73 Å². The molecule has 0 fully saturated rings. The molecular weight excluding hydrogens is 281 g/mol. The first kappa shape index (κ1) is 14.4. The van der Waals surface area contributed by atoms with E-state index < -0.39 is 0 Å². The van der Waals surface area contributed by atoms with E-state index in [1.807, 2.05) is 24.3 Å². The quantitative estimate of drug-likeness (QED) is 0.729. The van der Waals surface area contributed by atoms with Gasteiger partial charge in [0.25, 0.3) is 0 Å². The molecule has 0 amide bonds. The Morgan fingerprint density at radius 3 is 2.47 bits per heavy atom. The lowest BCUT2D eigenvalue weighted by Crippen LogP contribution is -3.00. The van der Waals surface area contributed by atoms with Crippen LogP contribution in [0.3, 0.4) is 0 Å². The number of benzene rings is 1. The van der Waals surface area contributed by atoms with Gasteiger partial charge in [0.1, 0.15) is 0 Å². The van der Waals surface area contributed by atoms with Crippen LogP contribution in [0.5, 0.6) is 0 Å². The van der Waals surface area contributed by atoms with Crippen LogP contribution in [0.1, 0.15) is 18.0 Å². The minimum atomic E-state index is -0.296. The fourth-order valence-corrected chi connectivity index (χ4v) is 1.36. The van der Waals surface area contributed by atoms with Gasteiger partial charge in [-0.15, -0.1) is 0 Å². The lowest BCUT2D eigenvalue weighted by Gasteiger charge is -2.10. The Morgan fingerprint density at radius 2 is 2.00 bits per heavy atom. The molecule has 0 aliphatic carbocycles. The summed E-state index contributed by atoms with van der Waals surface area (Å²) in [5.74, 6) is -0.291. The molecule has 2 N–H and O–H groups in total. The second-order valence-electron chi connectivity index (χ2n) is 2.94. The zero-order valence-electron chi connectivity index (χ0n) is 8.24. The minimum absolute atomic E-state index is 0. The summed E-state index contributed by atoms with van der Waals surface area (Å²) >= 11 is 3.33. The van der Waals surface area contributed by atoms with Gasteiger partial charge in [-0.3, -0.25) is 4.79 Å². The van der Waals surface area contributed by atoms with Crippen LogP contribution in [0.25, 0.3) is 0 Å². The average molecular weight is 294 g/mol. The first-order valence-corrected chi connectivity index (χ1v) is 5.00. The normalized spacial score (nSPS) is 11.4. The summed E-state index contributed by atoms with van der Waals surface area (Å²) in [5, 5.41) is 0. The molecule has 1 aromatic rings. The van der Waals surface area contributed by atoms with Gasteiger partial charge in [-0.1, -0.05) is 28.1 Å². The summed E-state index contributed by atoms with van der Waals surface area (Å²) in [4.78, 5) is 11.0. The van der Waals surface area contributed by atoms with E-state index in [4.69, 9.17) is 5.73 Å². The number of esters is 1. The molecular formula is C10H12BrClNO2-. The molecule has 0 bridgehead atoms. The maximum Gasteiger partial charge on any atom is 0.307 e. The van der Waals surface area contributed by atoms with Gasteiger partial charge in [-0.05, 0) is 17.7 Å². The van der Waals surface area contributed by atoms with Crippen molar-refractivity contribution < 1.29 is 21.9 Å². The maximum absolute atomic E-state index is 11.0. The van der Waals surface area contributed by atoms with E-state index in [1.165, 1.54) is 7.11 Å². The number of methoxy groups -OCH3 is 1. The van der Waals surface area contributed by atoms with Gasteiger partial charge in [0.15, 0.2) is 0 Å². The van der Waals surface area contributed by atoms with E-state index >= 15 is 0 Å². The Balaban J connectivity index is 0.00000196. The highest BCUT2D eigenvalue weighted by Crippen LogP contribution is 2.17. The molecule has 84 valence electrons. The van der Waals surface area contributed by atoms with Crippen molar-refractivity contribution in [3.05, 3.63) is 34.3 Å². The van der Waals surface area contributed by atoms with Crippen molar-refractivity contribution >= 4 is 21.9 Å². The van der Waals surface area contributed by atoms with Crippen LogP contribution in [-0.2, 0) is 9.53 Å². The van der Waals surface area contributed by atoms with Crippen molar-refractivity contribution in [2.75, 3.05) is 7.11 Å². The third-order valence-electron chi connectivity index (χ3n) is 1.91. The highest BCUT2D eigenvalue weighted by molar-refractivity contribution is 9.10. The SMILES string of the molecule is COC(=O)CC(N)c1ccc(Br)cc1.[Cl-]. The Labute approximate surface area is 104 Å². The number of hydrogen-bond acceptors (Lipinski definition) is 3. The van der Waals surface area contributed by atoms with Gasteiger partial charge >= 0.3 is 5.97 Å². The molecule has 0 saturated heterocycles. The summed E-state index contributed by atoms with van der Waals surface area (Å²) in [6, 6.07) is 7.27. The summed E-state index contributed by atoms with van der Waals surface area (Å²) in [7, 11) is 1.36. The van der Waals surface area contributed by atoms with Crippen LogP contribution in [0.2, 0.25) is 0 Å². The van der Waals surface area contributed by atoms with Crippen molar-refractivity contribution in [3.8, 4) is 0 Å². The van der Waals surface area contributed by atoms with Crippen LogP contribution < -0.4 is 18.1 Å². The molecule has 0 heterocycles. The fourth-order valence-electron chi connectivity index (χ4n) is 1.09. The van der Waals surface area contributed by atoms with Crippen LogP contribution >= 0.6 is 15.9 Å². The minimum Gasteiger partial charge on any atom is -1.00 e. The van der Waals surface area contributed by atoms with E-state index in [9.17, 15) is 4.79 Å². The third kappa shape index (κ3) is 4.64. The lowest BCUT2D eigenvalue weighted by atomic mass is 10.1. The molecule has 0 aromatic heterocycles. The fraction of sp³-hybridized carbons (Fsp3) is 0.300. The predicted molar refractivity (Wildman–Crippen MR) is 57.7 cm³/mol. The second kappa shape index (κ2) is 6.82. The van der Waals surface area contributed by atoms with Gasteiger partial charge in [0.05, 0.1) is 13.5 Å². The molecule has 0 saturated carbocycles. The van der Waals surface area contributed by atoms with Gasteiger partial charge in [-0.25, -0.2) is 0 Å². The zero-order chi connectivity index (χ0) is 10.6. The molecule has 1 rings (SSSR count). The van der Waals surface area contributed by atoms with E-state index in [2.05, 4.69) is 20.7 Å². The third-order valence-corrected chi connectivity index (χ3v) is 2.44. The first-order chi connectivity index (χ1) is 6.63. The van der Waals surface area contributed by atoms with Crippen LogP contribution in [0.15, 0.2) is 28.7 Å². The molecule has 3 nitrogen and oxygen atoms in total. The topological polar surface area (TPSA) is 52.3 Å². The Kier molecular flexibility index (Phi) is 6.56. The maximum atomic E-state index is 11.0. The summed E-state index contributed by atoms with van der Waals surface area (Å²) in [6.07, 6.45) is 0.206. The number of carbonyl (C=O) groups is 1. The standard InChI is InChI=1S/C10H12BrNO2.ClH/c1-14-10(13)6-9(12)7-2-4-8(11)5-3-7;/h2-5,9H,6,12H2,1H3;1H/p-1. The highest BCUT2D eigenvalue weighted by atomic mass is 79.9. The Hall–Kier alpha value is -0.580. The van der Waals surface area contributed by atoms with E-state index in [-0.39, 0.29) is 30.8 Å². The second-order valence-corrected chi connectivity index (χ2v) is 3.85. The number of carbonyl (C=O) groups excluding carboxylic acids is 1. The number of nitrogens with two attached hydrogens (primary N) is 1. The molecule has 1 unspecified atom stereocenters. The molecule has 15 heavy (non-hydrogen) atoms. The van der Waals surface area contributed by atoms with Crippen LogP contribution in [-0.4, -0.2) is 13.1 Å². The molecule has 1 atom stereocenters. The van der Waals surface area contributed by atoms with Gasteiger partial charge < -0.3 is 22.9 Å². The van der Waals surface area contributed by atoms with Gasteiger partial charge in [-0.2, -0.15) is 0 Å². The number of rotatable bonds is 3. The summed E-state index contributed by atoms with van der Waals surface area (Å²) in [5.41, 5.74) is 6.73. The Morgan fingerprint density at radius 1 is 1.47 bits per heavy atom. The summed E-state index contributed by atoms with van der Waals surface area (Å²) in [6.45, 7) is 0. The largest absolute Gasteiger partial charge is 1.00 e. The lowest BCUT2D eigenvalue weighted by molar-refractivity contribution is -0.141. The van der Waals surface area contributed by atoms with E-state index in [0.717, 1.165) is 10.0 Å². The molecule has 0 aliphatic heterocycles. The van der Waals surface area contributed by atoms with Crippen molar-refractivity contribution in [2.45, 2.75) is 12.5 Å². The average Bonchev–Trinajstić information content (AvgIpc) is 2.18. The highest BCUT2D eigenvalue weighted by Gasteiger charge is 2.11. The van der Waals surface area contributed by atoms with Crippen LogP contribution in [0, 0.1) is 0 Å². The number of hydrogen-bond donors (Lipinski definition) is 1. The molecule has 0 aliphatic rings. The number of ether oxygens (including phenoxy) is 1. The van der Waals surface area contributed by atoms with Gasteiger partial charge in [0, 0.05) is 10.5 Å². The van der Waals surface area contributed by atoms with Gasteiger partial charge in [0.2, 0.25) is 0 Å². The Bertz CT molecular complexity index is 316.